The molecule has 0 saturated carbocycles. The molecule has 0 spiro atoms. The summed E-state index contributed by atoms with van der Waals surface area (Å²) in [6, 6.07) is 2.28. The molecule has 2 rings (SSSR count). The van der Waals surface area contributed by atoms with Gasteiger partial charge in [-0.15, -0.1) is 5.10 Å². The molecule has 5 nitrogen and oxygen atoms in total. The van der Waals surface area contributed by atoms with Crippen molar-refractivity contribution in [1.29, 1.82) is 0 Å². The fraction of sp³-hybridized carbons (Fsp3) is 0.417. The molecule has 0 fully saturated rings. The number of aryl methyl sites for hydroxylation is 1. The number of rotatable bonds is 5. The first-order chi connectivity index (χ1) is 9.49. The summed E-state index contributed by atoms with van der Waals surface area (Å²) in [7, 11) is 0. The van der Waals surface area contributed by atoms with E-state index in [1.165, 1.54) is 6.07 Å². The zero-order valence-electron chi connectivity index (χ0n) is 10.9. The molecule has 1 N–H and O–H groups in total. The Morgan fingerprint density at radius 1 is 1.30 bits per heavy atom. The van der Waals surface area contributed by atoms with Gasteiger partial charge < -0.3 is 5.32 Å². The molecule has 0 aliphatic rings. The van der Waals surface area contributed by atoms with Crippen LogP contribution in [-0.2, 0) is 19.3 Å². The van der Waals surface area contributed by atoms with E-state index in [2.05, 4.69) is 20.6 Å². The van der Waals surface area contributed by atoms with E-state index in [9.17, 15) is 13.2 Å². The van der Waals surface area contributed by atoms with E-state index in [4.69, 9.17) is 0 Å². The highest BCUT2D eigenvalue weighted by atomic mass is 19.4. The van der Waals surface area contributed by atoms with Crippen molar-refractivity contribution < 1.29 is 13.2 Å². The topological polar surface area (TPSA) is 55.6 Å². The molecule has 0 unspecified atom stereocenters. The summed E-state index contributed by atoms with van der Waals surface area (Å²) >= 11 is 0. The third-order valence-electron chi connectivity index (χ3n) is 2.58. The first-order valence-electron chi connectivity index (χ1n) is 6.15. The minimum atomic E-state index is -4.37. The summed E-state index contributed by atoms with van der Waals surface area (Å²) in [6.45, 7) is 3.18. The molecule has 0 radical (unpaired) electrons. The molecular weight excluding hydrogens is 271 g/mol. The van der Waals surface area contributed by atoms with E-state index < -0.39 is 11.7 Å². The van der Waals surface area contributed by atoms with E-state index in [-0.39, 0.29) is 0 Å². The van der Waals surface area contributed by atoms with Crippen LogP contribution in [0.15, 0.2) is 24.5 Å². The van der Waals surface area contributed by atoms with Gasteiger partial charge >= 0.3 is 6.18 Å². The van der Waals surface area contributed by atoms with E-state index >= 15 is 0 Å². The van der Waals surface area contributed by atoms with Gasteiger partial charge in [0, 0.05) is 12.7 Å². The van der Waals surface area contributed by atoms with Crippen molar-refractivity contribution in [2.24, 2.45) is 0 Å². The SMILES string of the molecule is CCCn1cc(CNc2ccc(C(F)(F)F)cn2)nn1. The van der Waals surface area contributed by atoms with Crippen LogP contribution < -0.4 is 5.32 Å². The quantitative estimate of drug-likeness (QED) is 0.917. The third kappa shape index (κ3) is 3.69. The molecule has 0 bridgehead atoms. The van der Waals surface area contributed by atoms with Crippen LogP contribution in [-0.4, -0.2) is 20.0 Å². The maximum atomic E-state index is 12.4. The Morgan fingerprint density at radius 2 is 2.10 bits per heavy atom. The molecule has 2 heterocycles. The monoisotopic (exact) mass is 285 g/mol. The number of nitrogens with one attached hydrogen (secondary N) is 1. The van der Waals surface area contributed by atoms with Crippen LogP contribution in [0.25, 0.3) is 0 Å². The number of hydrogen-bond acceptors (Lipinski definition) is 4. The second kappa shape index (κ2) is 5.89. The van der Waals surface area contributed by atoms with E-state index in [0.717, 1.165) is 25.2 Å². The highest BCUT2D eigenvalue weighted by molar-refractivity contribution is 5.36. The van der Waals surface area contributed by atoms with Crippen molar-refractivity contribution in [3.63, 3.8) is 0 Å². The second-order valence-electron chi connectivity index (χ2n) is 4.26. The molecule has 0 atom stereocenters. The Morgan fingerprint density at radius 3 is 2.70 bits per heavy atom. The van der Waals surface area contributed by atoms with Crippen LogP contribution >= 0.6 is 0 Å². The summed E-state index contributed by atoms with van der Waals surface area (Å²) < 4.78 is 38.8. The van der Waals surface area contributed by atoms with Gasteiger partial charge in [0.05, 0.1) is 18.3 Å². The Labute approximate surface area is 113 Å². The standard InChI is InChI=1S/C12H14F3N5/c1-2-5-20-8-10(18-19-20)7-17-11-4-3-9(6-16-11)12(13,14)15/h3-4,6,8H,2,5,7H2,1H3,(H,16,17). The molecule has 0 saturated heterocycles. The summed E-state index contributed by atoms with van der Waals surface area (Å²) in [5, 5.41) is 10.8. The van der Waals surface area contributed by atoms with Crippen LogP contribution in [0.1, 0.15) is 24.6 Å². The van der Waals surface area contributed by atoms with Crippen molar-refractivity contribution in [1.82, 2.24) is 20.0 Å². The molecule has 0 aromatic carbocycles. The molecule has 20 heavy (non-hydrogen) atoms. The highest BCUT2D eigenvalue weighted by Crippen LogP contribution is 2.28. The van der Waals surface area contributed by atoms with Gasteiger partial charge in [0.2, 0.25) is 0 Å². The molecular formula is C12H14F3N5. The average molecular weight is 285 g/mol. The predicted molar refractivity (Wildman–Crippen MR) is 66.9 cm³/mol. The lowest BCUT2D eigenvalue weighted by Gasteiger charge is -2.07. The largest absolute Gasteiger partial charge is 0.417 e. The average Bonchev–Trinajstić information content (AvgIpc) is 2.84. The van der Waals surface area contributed by atoms with Gasteiger partial charge in [-0.05, 0) is 18.6 Å². The number of hydrogen-bond donors (Lipinski definition) is 1. The third-order valence-corrected chi connectivity index (χ3v) is 2.58. The van der Waals surface area contributed by atoms with Gasteiger partial charge in [-0.2, -0.15) is 13.2 Å². The van der Waals surface area contributed by atoms with Gasteiger partial charge in [-0.3, -0.25) is 4.68 Å². The summed E-state index contributed by atoms with van der Waals surface area (Å²) in [5.41, 5.74) is -0.0583. The number of nitrogens with zero attached hydrogens (tertiary/aromatic N) is 4. The van der Waals surface area contributed by atoms with Crippen molar-refractivity contribution in [3.05, 3.63) is 35.8 Å². The molecule has 0 aliphatic heterocycles. The fourth-order valence-corrected chi connectivity index (χ4v) is 1.61. The van der Waals surface area contributed by atoms with Crippen molar-refractivity contribution in [3.8, 4) is 0 Å². The first kappa shape index (κ1) is 14.3. The van der Waals surface area contributed by atoms with Crippen LogP contribution in [0.3, 0.4) is 0 Å². The molecule has 108 valence electrons. The maximum Gasteiger partial charge on any atom is 0.417 e. The molecule has 2 aromatic rings. The van der Waals surface area contributed by atoms with Crippen molar-refractivity contribution in [2.45, 2.75) is 32.6 Å². The second-order valence-corrected chi connectivity index (χ2v) is 4.26. The van der Waals surface area contributed by atoms with Crippen molar-refractivity contribution >= 4 is 5.82 Å². The lowest BCUT2D eigenvalue weighted by Crippen LogP contribution is -2.07. The summed E-state index contributed by atoms with van der Waals surface area (Å²) in [5.74, 6) is 0.364. The van der Waals surface area contributed by atoms with E-state index in [0.29, 0.717) is 18.1 Å². The molecule has 2 aromatic heterocycles. The minimum absolute atomic E-state index is 0.363. The van der Waals surface area contributed by atoms with Crippen LogP contribution in [0.4, 0.5) is 19.0 Å². The Bertz CT molecular complexity index is 547. The van der Waals surface area contributed by atoms with Crippen LogP contribution in [0.2, 0.25) is 0 Å². The number of anilines is 1. The molecule has 8 heteroatoms. The van der Waals surface area contributed by atoms with E-state index in [1.54, 1.807) is 10.9 Å². The van der Waals surface area contributed by atoms with Gasteiger partial charge in [-0.1, -0.05) is 12.1 Å². The maximum absolute atomic E-state index is 12.4. The zero-order chi connectivity index (χ0) is 14.6. The lowest BCUT2D eigenvalue weighted by molar-refractivity contribution is -0.137. The first-order valence-corrected chi connectivity index (χ1v) is 6.15. The smallest absolute Gasteiger partial charge is 0.364 e. The Hall–Kier alpha value is -2.12. The molecule has 0 amide bonds. The molecule has 0 aliphatic carbocycles. The fourth-order valence-electron chi connectivity index (χ4n) is 1.61. The van der Waals surface area contributed by atoms with Gasteiger partial charge in [0.1, 0.15) is 11.5 Å². The lowest BCUT2D eigenvalue weighted by atomic mass is 10.3. The Balaban J connectivity index is 1.93. The Kier molecular flexibility index (Phi) is 4.21. The summed E-state index contributed by atoms with van der Waals surface area (Å²) in [4.78, 5) is 3.72. The zero-order valence-corrected chi connectivity index (χ0v) is 10.9. The van der Waals surface area contributed by atoms with Crippen molar-refractivity contribution in [2.75, 3.05) is 5.32 Å². The van der Waals surface area contributed by atoms with Gasteiger partial charge in [0.15, 0.2) is 0 Å². The highest BCUT2D eigenvalue weighted by Gasteiger charge is 2.30. The summed E-state index contributed by atoms with van der Waals surface area (Å²) in [6.07, 6.45) is -0.818. The number of alkyl halides is 3. The minimum Gasteiger partial charge on any atom is -0.364 e. The predicted octanol–water partition coefficient (Wildman–Crippen LogP) is 2.71. The number of halogens is 3. The van der Waals surface area contributed by atoms with E-state index in [1.807, 2.05) is 6.92 Å². The van der Waals surface area contributed by atoms with Gasteiger partial charge in [-0.25, -0.2) is 4.98 Å². The normalized spacial score (nSPS) is 11.6. The number of aromatic nitrogens is 4. The number of pyridine rings is 1. The van der Waals surface area contributed by atoms with Gasteiger partial charge in [0.25, 0.3) is 0 Å². The van der Waals surface area contributed by atoms with Crippen LogP contribution in [0, 0.1) is 0 Å². The van der Waals surface area contributed by atoms with Crippen LogP contribution in [0.5, 0.6) is 0 Å².